The van der Waals surface area contributed by atoms with Gasteiger partial charge in [0.25, 0.3) is 0 Å². The van der Waals surface area contributed by atoms with Crippen molar-refractivity contribution in [3.8, 4) is 0 Å². The molecule has 1 atom stereocenters. The third kappa shape index (κ3) is 3.02. The van der Waals surface area contributed by atoms with E-state index in [0.717, 1.165) is 10.7 Å². The average Bonchev–Trinajstić information content (AvgIpc) is 2.79. The summed E-state index contributed by atoms with van der Waals surface area (Å²) in [6, 6.07) is 2.56. The van der Waals surface area contributed by atoms with E-state index >= 15 is 0 Å². The van der Waals surface area contributed by atoms with E-state index in [1.807, 2.05) is 17.8 Å². The van der Waals surface area contributed by atoms with E-state index in [-0.39, 0.29) is 0 Å². The van der Waals surface area contributed by atoms with E-state index < -0.39 is 0 Å². The fraction of sp³-hybridized carbons (Fsp3) is 0.545. The topological polar surface area (TPSA) is 37.5 Å². The molecule has 0 bridgehead atoms. The lowest BCUT2D eigenvalue weighted by Gasteiger charge is -2.24. The lowest BCUT2D eigenvalue weighted by atomic mass is 10.2. The van der Waals surface area contributed by atoms with Gasteiger partial charge in [-0.1, -0.05) is 18.7 Å². The van der Waals surface area contributed by atoms with Crippen LogP contribution in [0.25, 0.3) is 0 Å². The maximum Gasteiger partial charge on any atom is 0.157 e. The third-order valence-corrected chi connectivity index (χ3v) is 3.47. The molecule has 1 fully saturated rings. The van der Waals surface area contributed by atoms with Crippen molar-refractivity contribution in [1.29, 1.82) is 0 Å². The smallest absolute Gasteiger partial charge is 0.157 e. The maximum atomic E-state index is 5.00. The van der Waals surface area contributed by atoms with Gasteiger partial charge in [-0.3, -0.25) is 4.99 Å². The van der Waals surface area contributed by atoms with Crippen molar-refractivity contribution in [2.45, 2.75) is 32.4 Å². The Morgan fingerprint density at radius 2 is 2.60 bits per heavy atom. The second-order valence-electron chi connectivity index (χ2n) is 3.64. The summed E-state index contributed by atoms with van der Waals surface area (Å²) in [5.41, 5.74) is 1.13. The Bertz CT molecular complexity index is 321. The fourth-order valence-electron chi connectivity index (χ4n) is 1.53. The number of rotatable bonds is 3. The van der Waals surface area contributed by atoms with Crippen LogP contribution in [0.1, 0.15) is 25.3 Å². The van der Waals surface area contributed by atoms with Crippen molar-refractivity contribution in [3.05, 3.63) is 24.2 Å². The van der Waals surface area contributed by atoms with E-state index in [1.54, 1.807) is 12.5 Å². The Morgan fingerprint density at radius 3 is 3.33 bits per heavy atom. The van der Waals surface area contributed by atoms with Crippen LogP contribution in [0.2, 0.25) is 0 Å². The number of amidine groups is 1. The first-order valence-corrected chi connectivity index (χ1v) is 6.32. The molecule has 0 amide bonds. The molecule has 1 aliphatic heterocycles. The maximum absolute atomic E-state index is 5.00. The Labute approximate surface area is 94.3 Å². The molecule has 0 aliphatic carbocycles. The first-order chi connectivity index (χ1) is 7.38. The summed E-state index contributed by atoms with van der Waals surface area (Å²) >= 11 is 1.81. The number of nitrogens with zero attached hydrogens (tertiary/aromatic N) is 1. The highest BCUT2D eigenvalue weighted by atomic mass is 32.2. The van der Waals surface area contributed by atoms with Crippen LogP contribution in [0.4, 0.5) is 0 Å². The molecule has 1 N–H and O–H groups in total. The number of hydrogen-bond donors (Lipinski definition) is 1. The SMILES string of the molecule is CCC1CCSC(=NCc2ccoc2)N1. The molecule has 2 rings (SSSR count). The standard InChI is InChI=1S/C11H16N2OS/c1-2-10-4-6-15-11(13-10)12-7-9-3-5-14-8-9/h3,5,8,10H,2,4,6-7H2,1H3,(H,12,13). The van der Waals surface area contributed by atoms with Crippen molar-refractivity contribution in [3.63, 3.8) is 0 Å². The van der Waals surface area contributed by atoms with Gasteiger partial charge < -0.3 is 9.73 Å². The quantitative estimate of drug-likeness (QED) is 0.857. The van der Waals surface area contributed by atoms with Gasteiger partial charge in [0.15, 0.2) is 5.17 Å². The van der Waals surface area contributed by atoms with Gasteiger partial charge >= 0.3 is 0 Å². The van der Waals surface area contributed by atoms with E-state index in [0.29, 0.717) is 12.6 Å². The summed E-state index contributed by atoms with van der Waals surface area (Å²) in [5, 5.41) is 4.53. The van der Waals surface area contributed by atoms with Crippen LogP contribution in [0, 0.1) is 0 Å². The molecule has 15 heavy (non-hydrogen) atoms. The predicted molar refractivity (Wildman–Crippen MR) is 64.1 cm³/mol. The molecular weight excluding hydrogens is 208 g/mol. The Morgan fingerprint density at radius 1 is 1.67 bits per heavy atom. The van der Waals surface area contributed by atoms with Crippen molar-refractivity contribution in [2.75, 3.05) is 5.75 Å². The highest BCUT2D eigenvalue weighted by Crippen LogP contribution is 2.16. The molecule has 0 aromatic carbocycles. The zero-order chi connectivity index (χ0) is 10.5. The lowest BCUT2D eigenvalue weighted by Crippen LogP contribution is -2.37. The van der Waals surface area contributed by atoms with Crippen molar-refractivity contribution in [2.24, 2.45) is 4.99 Å². The van der Waals surface area contributed by atoms with Gasteiger partial charge in [-0.25, -0.2) is 0 Å². The van der Waals surface area contributed by atoms with Crippen LogP contribution >= 0.6 is 11.8 Å². The van der Waals surface area contributed by atoms with Gasteiger partial charge in [0.2, 0.25) is 0 Å². The van der Waals surface area contributed by atoms with Crippen LogP contribution in [0.5, 0.6) is 0 Å². The molecule has 82 valence electrons. The van der Waals surface area contributed by atoms with Crippen LogP contribution in [0.15, 0.2) is 28.0 Å². The number of nitrogens with one attached hydrogen (secondary N) is 1. The summed E-state index contributed by atoms with van der Waals surface area (Å²) in [6.45, 7) is 2.92. The van der Waals surface area contributed by atoms with E-state index in [2.05, 4.69) is 17.2 Å². The highest BCUT2D eigenvalue weighted by Gasteiger charge is 2.15. The van der Waals surface area contributed by atoms with E-state index in [4.69, 9.17) is 4.42 Å². The summed E-state index contributed by atoms with van der Waals surface area (Å²) < 4.78 is 5.00. The number of furan rings is 1. The molecular formula is C11H16N2OS. The fourth-order valence-corrected chi connectivity index (χ4v) is 2.53. The molecule has 0 saturated carbocycles. The number of hydrogen-bond acceptors (Lipinski definition) is 3. The zero-order valence-corrected chi connectivity index (χ0v) is 9.72. The van der Waals surface area contributed by atoms with Gasteiger partial charge in [0, 0.05) is 17.4 Å². The molecule has 1 saturated heterocycles. The normalized spacial score (nSPS) is 24.1. The largest absolute Gasteiger partial charge is 0.472 e. The molecule has 3 nitrogen and oxygen atoms in total. The monoisotopic (exact) mass is 224 g/mol. The van der Waals surface area contributed by atoms with Crippen molar-refractivity contribution >= 4 is 16.9 Å². The van der Waals surface area contributed by atoms with Crippen LogP contribution < -0.4 is 5.32 Å². The van der Waals surface area contributed by atoms with Gasteiger partial charge in [0.05, 0.1) is 19.1 Å². The molecule has 0 spiro atoms. The van der Waals surface area contributed by atoms with E-state index in [9.17, 15) is 0 Å². The van der Waals surface area contributed by atoms with E-state index in [1.165, 1.54) is 18.6 Å². The number of aliphatic imine (C=N–C) groups is 1. The molecule has 1 aromatic rings. The first kappa shape index (κ1) is 10.6. The highest BCUT2D eigenvalue weighted by molar-refractivity contribution is 8.13. The zero-order valence-electron chi connectivity index (χ0n) is 8.90. The van der Waals surface area contributed by atoms with Crippen molar-refractivity contribution in [1.82, 2.24) is 5.32 Å². The first-order valence-electron chi connectivity index (χ1n) is 5.33. The molecule has 1 aliphatic rings. The van der Waals surface area contributed by atoms with Gasteiger partial charge in [-0.05, 0) is 18.9 Å². The number of thioether (sulfide) groups is 1. The predicted octanol–water partition coefficient (Wildman–Crippen LogP) is 2.64. The summed E-state index contributed by atoms with van der Waals surface area (Å²) in [4.78, 5) is 4.53. The minimum atomic E-state index is 0.606. The van der Waals surface area contributed by atoms with Crippen LogP contribution in [-0.4, -0.2) is 17.0 Å². The average molecular weight is 224 g/mol. The Hall–Kier alpha value is -0.900. The minimum Gasteiger partial charge on any atom is -0.472 e. The molecule has 4 heteroatoms. The summed E-state index contributed by atoms with van der Waals surface area (Å²) in [7, 11) is 0. The Kier molecular flexibility index (Phi) is 3.72. The minimum absolute atomic E-state index is 0.606. The molecule has 0 radical (unpaired) electrons. The molecule has 2 heterocycles. The third-order valence-electron chi connectivity index (χ3n) is 2.51. The van der Waals surface area contributed by atoms with Gasteiger partial charge in [-0.2, -0.15) is 0 Å². The van der Waals surface area contributed by atoms with Gasteiger partial charge in [0.1, 0.15) is 0 Å². The van der Waals surface area contributed by atoms with Crippen LogP contribution in [0.3, 0.4) is 0 Å². The summed E-state index contributed by atoms with van der Waals surface area (Å²) in [6.07, 6.45) is 5.85. The lowest BCUT2D eigenvalue weighted by molar-refractivity contribution is 0.563. The second-order valence-corrected chi connectivity index (χ2v) is 4.72. The molecule has 1 aromatic heterocycles. The summed E-state index contributed by atoms with van der Waals surface area (Å²) in [5.74, 6) is 1.18. The Balaban J connectivity index is 1.89. The second kappa shape index (κ2) is 5.26. The van der Waals surface area contributed by atoms with Gasteiger partial charge in [-0.15, -0.1) is 0 Å². The van der Waals surface area contributed by atoms with Crippen LogP contribution in [-0.2, 0) is 6.54 Å². The molecule has 1 unspecified atom stereocenters. The van der Waals surface area contributed by atoms with Crippen molar-refractivity contribution < 1.29 is 4.42 Å².